The minimum Gasteiger partial charge on any atom is -0.497 e. The van der Waals surface area contributed by atoms with Crippen molar-refractivity contribution in [2.75, 3.05) is 19.5 Å². The number of amides is 1. The van der Waals surface area contributed by atoms with E-state index in [0.717, 1.165) is 21.4 Å². The van der Waals surface area contributed by atoms with Gasteiger partial charge in [-0.1, -0.05) is 0 Å². The van der Waals surface area contributed by atoms with Crippen LogP contribution in [0.5, 0.6) is 11.5 Å². The van der Waals surface area contributed by atoms with E-state index in [2.05, 4.69) is 10.4 Å². The Morgan fingerprint density at radius 2 is 1.62 bits per heavy atom. The summed E-state index contributed by atoms with van der Waals surface area (Å²) in [7, 11) is 4.13. The fraction of sp³-hybridized carbons (Fsp3) is 0.158. The number of carbonyl (C=O) groups is 1. The molecule has 29 heavy (non-hydrogen) atoms. The minimum atomic E-state index is -0.874. The maximum atomic E-state index is 13.2. The highest BCUT2D eigenvalue weighted by molar-refractivity contribution is 6.02. The summed E-state index contributed by atoms with van der Waals surface area (Å²) in [6.07, 6.45) is 0. The summed E-state index contributed by atoms with van der Waals surface area (Å²) in [6, 6.07) is 9.56. The Labute approximate surface area is 163 Å². The highest BCUT2D eigenvalue weighted by Crippen LogP contribution is 2.25. The third kappa shape index (κ3) is 4.00. The molecule has 9 nitrogen and oxygen atoms in total. The first kappa shape index (κ1) is 19.8. The SMILES string of the molecule is COc1cc(NC(=O)c2nn(-c3ccc(F)cc3)c(=O)n(C)c2=O)cc(OC)c1. The number of aromatic nitrogens is 3. The summed E-state index contributed by atoms with van der Waals surface area (Å²) >= 11 is 0. The zero-order valence-corrected chi connectivity index (χ0v) is 15.8. The van der Waals surface area contributed by atoms with E-state index in [1.54, 1.807) is 6.07 Å². The number of carbonyl (C=O) groups excluding carboxylic acids is 1. The van der Waals surface area contributed by atoms with Crippen LogP contribution in [0.2, 0.25) is 0 Å². The number of ether oxygens (including phenoxy) is 2. The molecular formula is C19H17FN4O5. The molecule has 0 radical (unpaired) electrons. The average Bonchev–Trinajstić information content (AvgIpc) is 2.72. The molecule has 1 N–H and O–H groups in total. The first-order chi connectivity index (χ1) is 13.8. The Morgan fingerprint density at radius 1 is 1.03 bits per heavy atom. The van der Waals surface area contributed by atoms with Gasteiger partial charge in [-0.15, -0.1) is 0 Å². The highest BCUT2D eigenvalue weighted by Gasteiger charge is 2.19. The van der Waals surface area contributed by atoms with Crippen LogP contribution < -0.4 is 26.0 Å². The van der Waals surface area contributed by atoms with E-state index in [-0.39, 0.29) is 5.69 Å². The third-order valence-corrected chi connectivity index (χ3v) is 4.07. The third-order valence-electron chi connectivity index (χ3n) is 4.07. The zero-order valence-electron chi connectivity index (χ0n) is 15.8. The number of benzene rings is 2. The number of rotatable bonds is 5. The lowest BCUT2D eigenvalue weighted by atomic mass is 10.2. The molecule has 0 spiro atoms. The van der Waals surface area contributed by atoms with Crippen LogP contribution in [-0.4, -0.2) is 34.5 Å². The van der Waals surface area contributed by atoms with E-state index in [0.29, 0.717) is 17.2 Å². The molecule has 0 atom stereocenters. The number of methoxy groups -OCH3 is 2. The summed E-state index contributed by atoms with van der Waals surface area (Å²) in [6.45, 7) is 0. The maximum absolute atomic E-state index is 13.2. The quantitative estimate of drug-likeness (QED) is 0.693. The average molecular weight is 400 g/mol. The molecule has 1 heterocycles. The fourth-order valence-corrected chi connectivity index (χ4v) is 2.54. The number of nitrogens with zero attached hydrogens (tertiary/aromatic N) is 3. The van der Waals surface area contributed by atoms with Gasteiger partial charge in [0.05, 0.1) is 19.9 Å². The second-order valence-electron chi connectivity index (χ2n) is 5.94. The lowest BCUT2D eigenvalue weighted by Crippen LogP contribution is -2.43. The van der Waals surface area contributed by atoms with E-state index in [4.69, 9.17) is 9.47 Å². The lowest BCUT2D eigenvalue weighted by molar-refractivity contribution is 0.101. The zero-order chi connectivity index (χ0) is 21.1. The Kier molecular flexibility index (Phi) is 5.44. The smallest absolute Gasteiger partial charge is 0.351 e. The van der Waals surface area contributed by atoms with Gasteiger partial charge in [0.1, 0.15) is 17.3 Å². The second-order valence-corrected chi connectivity index (χ2v) is 5.94. The van der Waals surface area contributed by atoms with E-state index in [1.807, 2.05) is 0 Å². The molecule has 10 heteroatoms. The predicted molar refractivity (Wildman–Crippen MR) is 103 cm³/mol. The van der Waals surface area contributed by atoms with Crippen molar-refractivity contribution in [1.29, 1.82) is 0 Å². The Bertz CT molecular complexity index is 1160. The summed E-state index contributed by atoms with van der Waals surface area (Å²) in [5, 5.41) is 6.42. The Balaban J connectivity index is 2.04. The summed E-state index contributed by atoms with van der Waals surface area (Å²) in [5.74, 6) is -0.484. The molecule has 1 aromatic heterocycles. The summed E-state index contributed by atoms with van der Waals surface area (Å²) < 4.78 is 25.1. The molecule has 0 aliphatic heterocycles. The largest absolute Gasteiger partial charge is 0.497 e. The molecule has 3 rings (SSSR count). The van der Waals surface area contributed by atoms with Gasteiger partial charge in [-0.05, 0) is 24.3 Å². The van der Waals surface area contributed by atoms with E-state index in [1.165, 1.54) is 45.5 Å². The molecule has 150 valence electrons. The van der Waals surface area contributed by atoms with Crippen LogP contribution >= 0.6 is 0 Å². The topological polar surface area (TPSA) is 104 Å². The van der Waals surface area contributed by atoms with Crippen LogP contribution in [0.15, 0.2) is 52.1 Å². The van der Waals surface area contributed by atoms with Crippen LogP contribution in [-0.2, 0) is 7.05 Å². The van der Waals surface area contributed by atoms with Crippen LogP contribution in [0.4, 0.5) is 10.1 Å². The first-order valence-electron chi connectivity index (χ1n) is 8.34. The second kappa shape index (κ2) is 7.97. The van der Waals surface area contributed by atoms with Crippen molar-refractivity contribution in [1.82, 2.24) is 14.3 Å². The van der Waals surface area contributed by atoms with Crippen molar-refractivity contribution in [2.24, 2.45) is 7.05 Å². The normalized spacial score (nSPS) is 10.5. The van der Waals surface area contributed by atoms with Gasteiger partial charge in [0.2, 0.25) is 5.69 Å². The van der Waals surface area contributed by atoms with Crippen molar-refractivity contribution in [3.8, 4) is 17.2 Å². The molecule has 0 saturated carbocycles. The molecule has 0 aliphatic rings. The first-order valence-corrected chi connectivity index (χ1v) is 8.34. The molecule has 0 aliphatic carbocycles. The van der Waals surface area contributed by atoms with Crippen LogP contribution in [0.1, 0.15) is 10.5 Å². The van der Waals surface area contributed by atoms with Gasteiger partial charge in [0.15, 0.2) is 0 Å². The van der Waals surface area contributed by atoms with E-state index >= 15 is 0 Å². The van der Waals surface area contributed by atoms with E-state index < -0.39 is 28.7 Å². The monoisotopic (exact) mass is 400 g/mol. The Morgan fingerprint density at radius 3 is 2.17 bits per heavy atom. The number of hydrogen-bond donors (Lipinski definition) is 1. The van der Waals surface area contributed by atoms with Crippen molar-refractivity contribution >= 4 is 11.6 Å². The summed E-state index contributed by atoms with van der Waals surface area (Å²) in [5.41, 5.74) is -1.67. The molecule has 2 aromatic carbocycles. The van der Waals surface area contributed by atoms with Gasteiger partial charge in [-0.2, -0.15) is 9.78 Å². The minimum absolute atomic E-state index is 0.198. The maximum Gasteiger partial charge on any atom is 0.351 e. The highest BCUT2D eigenvalue weighted by atomic mass is 19.1. The summed E-state index contributed by atoms with van der Waals surface area (Å²) in [4.78, 5) is 37.5. The van der Waals surface area contributed by atoms with Gasteiger partial charge in [-0.25, -0.2) is 9.18 Å². The predicted octanol–water partition coefficient (Wildman–Crippen LogP) is 1.34. The van der Waals surface area contributed by atoms with Gasteiger partial charge < -0.3 is 14.8 Å². The van der Waals surface area contributed by atoms with E-state index in [9.17, 15) is 18.8 Å². The van der Waals surface area contributed by atoms with Gasteiger partial charge in [-0.3, -0.25) is 14.2 Å². The van der Waals surface area contributed by atoms with Gasteiger partial charge in [0.25, 0.3) is 11.5 Å². The Hall–Kier alpha value is -3.95. The fourth-order valence-electron chi connectivity index (χ4n) is 2.54. The van der Waals surface area contributed by atoms with Crippen molar-refractivity contribution in [3.63, 3.8) is 0 Å². The van der Waals surface area contributed by atoms with Crippen molar-refractivity contribution in [2.45, 2.75) is 0 Å². The lowest BCUT2D eigenvalue weighted by Gasteiger charge is -2.11. The van der Waals surface area contributed by atoms with Crippen molar-refractivity contribution in [3.05, 3.63) is 74.8 Å². The van der Waals surface area contributed by atoms with Crippen LogP contribution in [0.25, 0.3) is 5.69 Å². The molecule has 0 saturated heterocycles. The van der Waals surface area contributed by atoms with Crippen LogP contribution in [0, 0.1) is 5.82 Å². The molecule has 0 fully saturated rings. The molecule has 0 unspecified atom stereocenters. The molecule has 0 bridgehead atoms. The number of hydrogen-bond acceptors (Lipinski definition) is 6. The van der Waals surface area contributed by atoms with Crippen LogP contribution in [0.3, 0.4) is 0 Å². The number of halogens is 1. The van der Waals surface area contributed by atoms with Gasteiger partial charge in [0, 0.05) is 30.9 Å². The van der Waals surface area contributed by atoms with Crippen molar-refractivity contribution < 1.29 is 18.7 Å². The number of anilines is 1. The molecular weight excluding hydrogens is 383 g/mol. The molecule has 1 amide bonds. The van der Waals surface area contributed by atoms with Gasteiger partial charge >= 0.3 is 5.69 Å². The standard InChI is InChI=1S/C19H17FN4O5/c1-23-18(26)16(22-24(19(23)27)13-6-4-11(20)5-7-13)17(25)21-12-8-14(28-2)10-15(9-12)29-3/h4-10H,1-3H3,(H,21,25). The number of nitrogens with one attached hydrogen (secondary N) is 1. The molecule has 3 aromatic rings.